The number of aryl methyl sites for hydroxylation is 3. The van der Waals surface area contributed by atoms with Crippen molar-refractivity contribution in [3.8, 4) is 5.69 Å². The van der Waals surface area contributed by atoms with Crippen LogP contribution in [0.15, 0.2) is 30.3 Å². The number of benzene rings is 1. The van der Waals surface area contributed by atoms with Crippen LogP contribution in [0, 0.1) is 20.8 Å². The van der Waals surface area contributed by atoms with Gasteiger partial charge in [-0.3, -0.25) is 4.79 Å². The van der Waals surface area contributed by atoms with Crippen LogP contribution in [0.4, 0.5) is 4.79 Å². The molecule has 180 valence electrons. The molecule has 34 heavy (non-hydrogen) atoms. The number of para-hydroxylation sites is 1. The lowest BCUT2D eigenvalue weighted by atomic mass is 9.98. The van der Waals surface area contributed by atoms with E-state index < -0.39 is 0 Å². The second-order valence-electron chi connectivity index (χ2n) is 8.86. The number of hydrogen-bond donors (Lipinski definition) is 1. The number of carbonyl (C=O) groups excluding carboxylic acids is 2. The number of ether oxygens (including phenoxy) is 1. The van der Waals surface area contributed by atoms with Gasteiger partial charge in [0.2, 0.25) is 5.91 Å². The number of nitrogens with one attached hydrogen (secondary N) is 1. The first-order valence-electron chi connectivity index (χ1n) is 12.0. The van der Waals surface area contributed by atoms with Gasteiger partial charge in [0.25, 0.3) is 0 Å². The van der Waals surface area contributed by atoms with Gasteiger partial charge in [-0.25, -0.2) is 14.5 Å². The van der Waals surface area contributed by atoms with Crippen molar-refractivity contribution in [1.82, 2.24) is 25.0 Å². The van der Waals surface area contributed by atoms with Crippen molar-refractivity contribution in [2.75, 3.05) is 19.7 Å². The Labute approximate surface area is 200 Å². The Hall–Kier alpha value is -3.42. The average molecular weight is 464 g/mol. The van der Waals surface area contributed by atoms with Crippen molar-refractivity contribution in [1.29, 1.82) is 0 Å². The third-order valence-corrected chi connectivity index (χ3v) is 6.56. The molecule has 1 fully saturated rings. The fraction of sp³-hybridized carbons (Fsp3) is 0.462. The van der Waals surface area contributed by atoms with Gasteiger partial charge in [0, 0.05) is 36.6 Å². The Morgan fingerprint density at radius 1 is 1.09 bits per heavy atom. The number of rotatable bonds is 6. The van der Waals surface area contributed by atoms with Crippen molar-refractivity contribution in [3.63, 3.8) is 0 Å². The van der Waals surface area contributed by atoms with Gasteiger partial charge in [-0.1, -0.05) is 18.2 Å². The number of fused-ring (bicyclic) bond motifs is 1. The van der Waals surface area contributed by atoms with E-state index in [2.05, 4.69) is 12.2 Å². The predicted octanol–water partition coefficient (Wildman–Crippen LogP) is 4.02. The van der Waals surface area contributed by atoms with Crippen LogP contribution in [-0.4, -0.2) is 57.4 Å². The van der Waals surface area contributed by atoms with E-state index in [1.807, 2.05) is 48.9 Å². The molecular weight excluding hydrogens is 430 g/mol. The minimum Gasteiger partial charge on any atom is -0.450 e. The lowest BCUT2D eigenvalue weighted by molar-refractivity contribution is -0.122. The van der Waals surface area contributed by atoms with Crippen LogP contribution in [0.3, 0.4) is 0 Å². The molecule has 1 aliphatic heterocycles. The molecule has 0 unspecified atom stereocenters. The Morgan fingerprint density at radius 3 is 2.47 bits per heavy atom. The number of carbonyl (C=O) groups is 2. The van der Waals surface area contributed by atoms with Gasteiger partial charge < -0.3 is 15.0 Å². The Kier molecular flexibility index (Phi) is 7.14. The molecule has 2 amide bonds. The fourth-order valence-corrected chi connectivity index (χ4v) is 4.78. The predicted molar refractivity (Wildman–Crippen MR) is 131 cm³/mol. The first-order chi connectivity index (χ1) is 16.4. The third-order valence-electron chi connectivity index (χ3n) is 6.56. The van der Waals surface area contributed by atoms with Crippen molar-refractivity contribution in [2.24, 2.45) is 0 Å². The molecule has 0 radical (unpaired) electrons. The molecule has 0 spiro atoms. The average Bonchev–Trinajstić information content (AvgIpc) is 3.16. The highest BCUT2D eigenvalue weighted by Crippen LogP contribution is 2.28. The zero-order chi connectivity index (χ0) is 24.2. The van der Waals surface area contributed by atoms with Crippen LogP contribution >= 0.6 is 0 Å². The standard InChI is InChI=1S/C26H33N5O3/c1-5-34-26(33)30-15-13-20(14-16-30)28-23(32)12-11-22-17(2)24-19(4)29-31(25(24)27-18(22)3)21-9-7-6-8-10-21/h6-10,20H,5,11-16H2,1-4H3,(H,28,32). The lowest BCUT2D eigenvalue weighted by Gasteiger charge is -2.31. The Balaban J connectivity index is 1.41. The van der Waals surface area contributed by atoms with Crippen molar-refractivity contribution in [2.45, 2.75) is 59.4 Å². The van der Waals surface area contributed by atoms with E-state index in [-0.39, 0.29) is 18.0 Å². The SMILES string of the molecule is CCOC(=O)N1CCC(NC(=O)CCc2c(C)nc3c(c(C)nn3-c3ccccc3)c2C)CC1. The highest BCUT2D eigenvalue weighted by atomic mass is 16.6. The molecule has 1 N–H and O–H groups in total. The van der Waals surface area contributed by atoms with E-state index in [4.69, 9.17) is 14.8 Å². The normalized spacial score (nSPS) is 14.4. The monoisotopic (exact) mass is 463 g/mol. The number of aromatic nitrogens is 3. The molecule has 0 atom stereocenters. The molecule has 1 saturated heterocycles. The summed E-state index contributed by atoms with van der Waals surface area (Å²) in [6, 6.07) is 10.1. The molecule has 0 saturated carbocycles. The van der Waals surface area contributed by atoms with E-state index in [0.717, 1.165) is 52.1 Å². The van der Waals surface area contributed by atoms with E-state index in [0.29, 0.717) is 32.5 Å². The van der Waals surface area contributed by atoms with Gasteiger partial charge in [0.15, 0.2) is 5.65 Å². The zero-order valence-electron chi connectivity index (χ0n) is 20.4. The maximum atomic E-state index is 12.7. The number of likely N-dealkylation sites (tertiary alicyclic amines) is 1. The summed E-state index contributed by atoms with van der Waals surface area (Å²) in [7, 11) is 0. The summed E-state index contributed by atoms with van der Waals surface area (Å²) in [5.74, 6) is 0.0326. The molecular formula is C26H33N5O3. The van der Waals surface area contributed by atoms with Crippen LogP contribution < -0.4 is 5.32 Å². The van der Waals surface area contributed by atoms with Crippen molar-refractivity contribution < 1.29 is 14.3 Å². The highest BCUT2D eigenvalue weighted by Gasteiger charge is 2.25. The topological polar surface area (TPSA) is 89.3 Å². The zero-order valence-corrected chi connectivity index (χ0v) is 20.4. The van der Waals surface area contributed by atoms with Gasteiger partial charge in [0.1, 0.15) is 0 Å². The Bertz CT molecular complexity index is 1180. The molecule has 1 aliphatic rings. The minimum absolute atomic E-state index is 0.0326. The van der Waals surface area contributed by atoms with E-state index in [9.17, 15) is 9.59 Å². The van der Waals surface area contributed by atoms with Crippen molar-refractivity contribution in [3.05, 3.63) is 52.8 Å². The Morgan fingerprint density at radius 2 is 1.79 bits per heavy atom. The first kappa shape index (κ1) is 23.7. The molecule has 0 bridgehead atoms. The quantitative estimate of drug-likeness (QED) is 0.597. The molecule has 8 nitrogen and oxygen atoms in total. The molecule has 3 heterocycles. The molecule has 4 rings (SSSR count). The molecule has 8 heteroatoms. The number of nitrogens with zero attached hydrogens (tertiary/aromatic N) is 4. The van der Waals surface area contributed by atoms with Gasteiger partial charge in [-0.15, -0.1) is 0 Å². The van der Waals surface area contributed by atoms with Gasteiger partial charge >= 0.3 is 6.09 Å². The van der Waals surface area contributed by atoms with E-state index in [1.54, 1.807) is 11.8 Å². The maximum absolute atomic E-state index is 12.7. The number of hydrogen-bond acceptors (Lipinski definition) is 5. The summed E-state index contributed by atoms with van der Waals surface area (Å²) in [4.78, 5) is 31.1. The summed E-state index contributed by atoms with van der Waals surface area (Å²) in [5, 5.41) is 8.93. The second kappa shape index (κ2) is 10.2. The number of pyridine rings is 1. The summed E-state index contributed by atoms with van der Waals surface area (Å²) in [6.07, 6.45) is 2.25. The lowest BCUT2D eigenvalue weighted by Crippen LogP contribution is -2.46. The summed E-state index contributed by atoms with van der Waals surface area (Å²) < 4.78 is 6.95. The first-order valence-corrected chi connectivity index (χ1v) is 12.0. The molecule has 1 aromatic carbocycles. The van der Waals surface area contributed by atoms with Gasteiger partial charge in [-0.05, 0) is 70.2 Å². The largest absolute Gasteiger partial charge is 0.450 e. The third kappa shape index (κ3) is 4.90. The minimum atomic E-state index is -0.271. The van der Waals surface area contributed by atoms with Gasteiger partial charge in [-0.2, -0.15) is 5.10 Å². The van der Waals surface area contributed by atoms with Crippen molar-refractivity contribution >= 4 is 23.0 Å². The number of piperidine rings is 1. The summed E-state index contributed by atoms with van der Waals surface area (Å²) >= 11 is 0. The smallest absolute Gasteiger partial charge is 0.409 e. The summed E-state index contributed by atoms with van der Waals surface area (Å²) in [5.41, 5.74) is 5.93. The maximum Gasteiger partial charge on any atom is 0.409 e. The van der Waals surface area contributed by atoms with Crippen LogP contribution in [0.1, 0.15) is 48.7 Å². The van der Waals surface area contributed by atoms with Crippen LogP contribution in [-0.2, 0) is 16.0 Å². The molecule has 0 aliphatic carbocycles. The van der Waals surface area contributed by atoms with Crippen LogP contribution in [0.5, 0.6) is 0 Å². The second-order valence-corrected chi connectivity index (χ2v) is 8.86. The van der Waals surface area contributed by atoms with Gasteiger partial charge in [0.05, 0.1) is 18.0 Å². The molecule has 2 aromatic heterocycles. The highest BCUT2D eigenvalue weighted by molar-refractivity contribution is 5.85. The van der Waals surface area contributed by atoms with E-state index in [1.165, 1.54) is 0 Å². The summed E-state index contributed by atoms with van der Waals surface area (Å²) in [6.45, 7) is 9.49. The molecule has 3 aromatic rings. The fourth-order valence-electron chi connectivity index (χ4n) is 4.78. The van der Waals surface area contributed by atoms with E-state index >= 15 is 0 Å². The van der Waals surface area contributed by atoms with Crippen LogP contribution in [0.2, 0.25) is 0 Å². The van der Waals surface area contributed by atoms with Crippen LogP contribution in [0.25, 0.3) is 16.7 Å². The number of amides is 2.